The van der Waals surface area contributed by atoms with Crippen molar-refractivity contribution >= 4 is 15.9 Å². The zero-order valence-corrected chi connectivity index (χ0v) is 10.1. The van der Waals surface area contributed by atoms with Crippen LogP contribution in [0.2, 0.25) is 0 Å². The summed E-state index contributed by atoms with van der Waals surface area (Å²) in [5, 5.41) is 10.4. The first-order valence-corrected chi connectivity index (χ1v) is 6.09. The van der Waals surface area contributed by atoms with Crippen LogP contribution in [-0.4, -0.2) is 5.11 Å². The van der Waals surface area contributed by atoms with E-state index < -0.39 is 5.60 Å². The van der Waals surface area contributed by atoms with Gasteiger partial charge >= 0.3 is 0 Å². The van der Waals surface area contributed by atoms with Gasteiger partial charge in [-0.25, -0.2) is 4.39 Å². The predicted octanol–water partition coefficient (Wildman–Crippen LogP) is 3.74. The summed E-state index contributed by atoms with van der Waals surface area (Å²) in [5.41, 5.74) is -0.0947. The van der Waals surface area contributed by atoms with Crippen LogP contribution < -0.4 is 0 Å². The SMILES string of the molecule is OC1(c2ccc(Br)c(F)c2)CCCCC1. The lowest BCUT2D eigenvalue weighted by molar-refractivity contribution is -0.000901. The Hall–Kier alpha value is -0.410. The van der Waals surface area contributed by atoms with Gasteiger partial charge in [-0.1, -0.05) is 25.3 Å². The van der Waals surface area contributed by atoms with Crippen LogP contribution in [-0.2, 0) is 5.60 Å². The van der Waals surface area contributed by atoms with E-state index in [9.17, 15) is 9.50 Å². The van der Waals surface area contributed by atoms with Crippen LogP contribution in [0.15, 0.2) is 22.7 Å². The summed E-state index contributed by atoms with van der Waals surface area (Å²) in [6.07, 6.45) is 4.70. The third-order valence-corrected chi connectivity index (χ3v) is 3.78. The molecule has 0 spiro atoms. The molecule has 0 heterocycles. The van der Waals surface area contributed by atoms with Crippen molar-refractivity contribution in [2.24, 2.45) is 0 Å². The van der Waals surface area contributed by atoms with Crippen LogP contribution in [0.4, 0.5) is 4.39 Å². The first kappa shape index (κ1) is 11.1. The highest BCUT2D eigenvalue weighted by atomic mass is 79.9. The van der Waals surface area contributed by atoms with Gasteiger partial charge in [0.2, 0.25) is 0 Å². The van der Waals surface area contributed by atoms with Gasteiger partial charge in [-0.3, -0.25) is 0 Å². The highest BCUT2D eigenvalue weighted by Crippen LogP contribution is 2.37. The summed E-state index contributed by atoms with van der Waals surface area (Å²) in [7, 11) is 0. The van der Waals surface area contributed by atoms with E-state index in [1.807, 2.05) is 0 Å². The number of benzene rings is 1. The molecule has 3 heteroatoms. The molecule has 0 unspecified atom stereocenters. The lowest BCUT2D eigenvalue weighted by Gasteiger charge is -2.32. The normalized spacial score (nSPS) is 20.2. The van der Waals surface area contributed by atoms with Crippen molar-refractivity contribution in [3.05, 3.63) is 34.1 Å². The second-order valence-corrected chi connectivity index (χ2v) is 5.08. The van der Waals surface area contributed by atoms with Gasteiger partial charge in [-0.15, -0.1) is 0 Å². The second kappa shape index (κ2) is 4.22. The number of halogens is 2. The molecule has 1 fully saturated rings. The first-order valence-electron chi connectivity index (χ1n) is 5.30. The minimum absolute atomic E-state index is 0.300. The quantitative estimate of drug-likeness (QED) is 0.826. The van der Waals surface area contributed by atoms with Crippen LogP contribution in [0.3, 0.4) is 0 Å². The standard InChI is InChI=1S/C12H14BrFO/c13-10-5-4-9(8-11(10)14)12(15)6-2-1-3-7-12/h4-5,8,15H,1-3,6-7H2. The van der Waals surface area contributed by atoms with E-state index in [4.69, 9.17) is 0 Å². The largest absolute Gasteiger partial charge is 0.385 e. The van der Waals surface area contributed by atoms with Crippen LogP contribution in [0.5, 0.6) is 0 Å². The minimum atomic E-state index is -0.806. The molecule has 0 radical (unpaired) electrons. The van der Waals surface area contributed by atoms with Crippen LogP contribution in [0, 0.1) is 5.82 Å². The zero-order valence-electron chi connectivity index (χ0n) is 8.47. The average Bonchev–Trinajstić information content (AvgIpc) is 2.23. The molecule has 0 amide bonds. The van der Waals surface area contributed by atoms with E-state index in [0.717, 1.165) is 25.7 Å². The second-order valence-electron chi connectivity index (χ2n) is 4.22. The Morgan fingerprint density at radius 1 is 1.20 bits per heavy atom. The maximum Gasteiger partial charge on any atom is 0.137 e. The molecular formula is C12H14BrFO. The van der Waals surface area contributed by atoms with Crippen LogP contribution >= 0.6 is 15.9 Å². The molecule has 0 atom stereocenters. The lowest BCUT2D eigenvalue weighted by Crippen LogP contribution is -2.28. The molecule has 1 aliphatic rings. The maximum absolute atomic E-state index is 13.3. The molecule has 0 aliphatic heterocycles. The number of hydrogen-bond donors (Lipinski definition) is 1. The van der Waals surface area contributed by atoms with Gasteiger partial charge in [0.1, 0.15) is 5.82 Å². The maximum atomic E-state index is 13.3. The van der Waals surface area contributed by atoms with Gasteiger partial charge in [0, 0.05) is 0 Å². The van der Waals surface area contributed by atoms with E-state index in [1.54, 1.807) is 12.1 Å². The van der Waals surface area contributed by atoms with E-state index in [2.05, 4.69) is 15.9 Å². The summed E-state index contributed by atoms with van der Waals surface area (Å²) in [6.45, 7) is 0. The van der Waals surface area contributed by atoms with Crippen molar-refractivity contribution in [3.63, 3.8) is 0 Å². The number of rotatable bonds is 1. The van der Waals surface area contributed by atoms with Gasteiger partial charge in [0.05, 0.1) is 10.1 Å². The number of aliphatic hydroxyl groups is 1. The zero-order chi connectivity index (χ0) is 10.9. The van der Waals surface area contributed by atoms with Crippen LogP contribution in [0.25, 0.3) is 0 Å². The number of hydrogen-bond acceptors (Lipinski definition) is 1. The molecule has 1 nitrogen and oxygen atoms in total. The smallest absolute Gasteiger partial charge is 0.137 e. The Morgan fingerprint density at radius 2 is 1.87 bits per heavy atom. The van der Waals surface area contributed by atoms with Crippen molar-refractivity contribution in [1.82, 2.24) is 0 Å². The lowest BCUT2D eigenvalue weighted by atomic mass is 9.80. The van der Waals surface area contributed by atoms with Gasteiger partial charge < -0.3 is 5.11 Å². The van der Waals surface area contributed by atoms with Crippen molar-refractivity contribution in [3.8, 4) is 0 Å². The summed E-state index contributed by atoms with van der Waals surface area (Å²) < 4.78 is 13.8. The molecule has 1 aromatic carbocycles. The monoisotopic (exact) mass is 272 g/mol. The molecule has 82 valence electrons. The molecule has 1 aromatic rings. The van der Waals surface area contributed by atoms with E-state index in [1.165, 1.54) is 12.5 Å². The Morgan fingerprint density at radius 3 is 2.47 bits per heavy atom. The third kappa shape index (κ3) is 2.23. The van der Waals surface area contributed by atoms with Gasteiger partial charge in [-0.05, 0) is 46.5 Å². The molecule has 0 saturated heterocycles. The van der Waals surface area contributed by atoms with Gasteiger partial charge in [-0.2, -0.15) is 0 Å². The summed E-state index contributed by atoms with van der Waals surface area (Å²) in [6, 6.07) is 4.91. The Bertz CT molecular complexity index is 359. The van der Waals surface area contributed by atoms with Crippen molar-refractivity contribution < 1.29 is 9.50 Å². The topological polar surface area (TPSA) is 20.2 Å². The Balaban J connectivity index is 2.31. The molecule has 0 bridgehead atoms. The van der Waals surface area contributed by atoms with Gasteiger partial charge in [0.15, 0.2) is 0 Å². The van der Waals surface area contributed by atoms with Crippen molar-refractivity contribution in [2.75, 3.05) is 0 Å². The Kier molecular flexibility index (Phi) is 3.12. The summed E-state index contributed by atoms with van der Waals surface area (Å²) in [4.78, 5) is 0. The fourth-order valence-corrected chi connectivity index (χ4v) is 2.46. The highest BCUT2D eigenvalue weighted by molar-refractivity contribution is 9.10. The Labute approximate surface area is 97.4 Å². The van der Waals surface area contributed by atoms with Gasteiger partial charge in [0.25, 0.3) is 0 Å². The molecule has 0 aromatic heterocycles. The summed E-state index contributed by atoms with van der Waals surface area (Å²) >= 11 is 3.11. The van der Waals surface area contributed by atoms with Crippen molar-refractivity contribution in [1.29, 1.82) is 0 Å². The van der Waals surface area contributed by atoms with Crippen LogP contribution in [0.1, 0.15) is 37.7 Å². The first-order chi connectivity index (χ1) is 7.12. The van der Waals surface area contributed by atoms with E-state index >= 15 is 0 Å². The molecule has 2 rings (SSSR count). The molecule has 1 saturated carbocycles. The summed E-state index contributed by atoms with van der Waals surface area (Å²) in [5.74, 6) is -0.300. The molecule has 1 aliphatic carbocycles. The minimum Gasteiger partial charge on any atom is -0.385 e. The van der Waals surface area contributed by atoms with Crippen molar-refractivity contribution in [2.45, 2.75) is 37.7 Å². The molecule has 15 heavy (non-hydrogen) atoms. The van der Waals surface area contributed by atoms with E-state index in [0.29, 0.717) is 10.0 Å². The third-order valence-electron chi connectivity index (χ3n) is 3.14. The highest BCUT2D eigenvalue weighted by Gasteiger charge is 2.31. The molecule has 1 N–H and O–H groups in total. The predicted molar refractivity (Wildman–Crippen MR) is 61.1 cm³/mol. The fraction of sp³-hybridized carbons (Fsp3) is 0.500. The molecular weight excluding hydrogens is 259 g/mol. The fourth-order valence-electron chi connectivity index (χ4n) is 2.21. The van der Waals surface area contributed by atoms with E-state index in [-0.39, 0.29) is 5.82 Å². The average molecular weight is 273 g/mol.